The lowest BCUT2D eigenvalue weighted by Crippen LogP contribution is -1.95. The fourth-order valence-corrected chi connectivity index (χ4v) is 4.64. The molecule has 0 aliphatic rings. The highest BCUT2D eigenvalue weighted by Gasteiger charge is 2.13. The van der Waals surface area contributed by atoms with Gasteiger partial charge in [-0.1, -0.05) is 54.2 Å². The fraction of sp³-hybridized carbons (Fsp3) is 0.130. The van der Waals surface area contributed by atoms with Gasteiger partial charge in [-0.3, -0.25) is 4.40 Å². The van der Waals surface area contributed by atoms with E-state index >= 15 is 0 Å². The maximum atomic E-state index is 5.44. The third kappa shape index (κ3) is 2.79. The summed E-state index contributed by atoms with van der Waals surface area (Å²) >= 11 is 1.71. The van der Waals surface area contributed by atoms with Crippen molar-refractivity contribution in [3.63, 3.8) is 0 Å². The molecule has 3 aromatic carbocycles. The average Bonchev–Trinajstić information content (AvgIpc) is 3.14. The Morgan fingerprint density at radius 3 is 2.68 bits per heavy atom. The van der Waals surface area contributed by atoms with Crippen LogP contribution in [0.3, 0.4) is 0 Å². The van der Waals surface area contributed by atoms with Crippen LogP contribution in [0.5, 0.6) is 5.75 Å². The minimum absolute atomic E-state index is 0.832. The Labute approximate surface area is 167 Å². The van der Waals surface area contributed by atoms with Gasteiger partial charge < -0.3 is 4.74 Å². The number of aromatic nitrogens is 3. The highest BCUT2D eigenvalue weighted by atomic mass is 32.2. The number of hydrogen-bond donors (Lipinski definition) is 0. The van der Waals surface area contributed by atoms with Crippen molar-refractivity contribution in [2.45, 2.75) is 17.8 Å². The summed E-state index contributed by atoms with van der Waals surface area (Å²) in [7, 11) is 1.69. The van der Waals surface area contributed by atoms with Gasteiger partial charge in [-0.05, 0) is 47.0 Å². The van der Waals surface area contributed by atoms with Crippen LogP contribution in [0.2, 0.25) is 0 Å². The van der Waals surface area contributed by atoms with Crippen LogP contribution in [0.4, 0.5) is 0 Å². The molecule has 5 heteroatoms. The van der Waals surface area contributed by atoms with Gasteiger partial charge in [0.15, 0.2) is 10.8 Å². The number of ether oxygens (including phenoxy) is 1. The second-order valence-corrected chi connectivity index (χ2v) is 7.76. The molecule has 0 radical (unpaired) electrons. The number of aryl methyl sites for hydroxylation is 1. The van der Waals surface area contributed by atoms with Gasteiger partial charge in [0, 0.05) is 17.2 Å². The zero-order chi connectivity index (χ0) is 19.1. The predicted molar refractivity (Wildman–Crippen MR) is 115 cm³/mol. The molecule has 0 fully saturated rings. The van der Waals surface area contributed by atoms with Crippen molar-refractivity contribution >= 4 is 39.1 Å². The van der Waals surface area contributed by atoms with E-state index in [1.165, 1.54) is 27.3 Å². The molecule has 0 aliphatic carbocycles. The Morgan fingerprint density at radius 2 is 1.79 bits per heavy atom. The topological polar surface area (TPSA) is 39.4 Å². The summed E-state index contributed by atoms with van der Waals surface area (Å²) < 4.78 is 7.57. The number of rotatable bonds is 4. The first kappa shape index (κ1) is 17.1. The molecular formula is C23H19N3OS. The summed E-state index contributed by atoms with van der Waals surface area (Å²) in [5.74, 6) is 1.67. The first-order valence-electron chi connectivity index (χ1n) is 9.16. The van der Waals surface area contributed by atoms with E-state index in [0.29, 0.717) is 0 Å². The van der Waals surface area contributed by atoms with Crippen LogP contribution in [-0.2, 0) is 5.75 Å². The molecule has 5 rings (SSSR count). The molecule has 0 saturated heterocycles. The van der Waals surface area contributed by atoms with Gasteiger partial charge in [-0.25, -0.2) is 0 Å². The number of benzene rings is 3. The molecule has 2 aromatic heterocycles. The van der Waals surface area contributed by atoms with Gasteiger partial charge in [0.2, 0.25) is 0 Å². The molecule has 0 amide bonds. The standard InChI is InChI=1S/C23H19N3OS/c1-15-12-22-24-25-23(26(22)21-13-18(27-2)10-11-19(15)21)28-14-17-8-5-7-16-6-3-4-9-20(16)17/h3-13H,14H2,1-2H3. The lowest BCUT2D eigenvalue weighted by molar-refractivity contribution is 0.415. The molecule has 5 aromatic rings. The van der Waals surface area contributed by atoms with Crippen molar-refractivity contribution in [3.05, 3.63) is 77.9 Å². The molecule has 0 atom stereocenters. The van der Waals surface area contributed by atoms with E-state index in [4.69, 9.17) is 4.74 Å². The molecule has 0 saturated carbocycles. The monoisotopic (exact) mass is 385 g/mol. The Balaban J connectivity index is 1.60. The molecule has 0 aliphatic heterocycles. The highest BCUT2D eigenvalue weighted by molar-refractivity contribution is 7.98. The first-order valence-corrected chi connectivity index (χ1v) is 10.1. The Hall–Kier alpha value is -3.05. The van der Waals surface area contributed by atoms with Crippen LogP contribution >= 0.6 is 11.8 Å². The van der Waals surface area contributed by atoms with Gasteiger partial charge in [0.05, 0.1) is 12.6 Å². The fourth-order valence-electron chi connectivity index (χ4n) is 3.68. The number of hydrogen-bond acceptors (Lipinski definition) is 4. The zero-order valence-corrected chi connectivity index (χ0v) is 16.5. The normalized spacial score (nSPS) is 11.5. The summed E-state index contributed by atoms with van der Waals surface area (Å²) in [5, 5.41) is 13.5. The molecule has 0 N–H and O–H groups in total. The number of thioether (sulfide) groups is 1. The number of pyridine rings is 1. The zero-order valence-electron chi connectivity index (χ0n) is 15.7. The van der Waals surface area contributed by atoms with E-state index in [0.717, 1.165) is 27.8 Å². The van der Waals surface area contributed by atoms with Crippen molar-refractivity contribution in [1.82, 2.24) is 14.6 Å². The lowest BCUT2D eigenvalue weighted by Gasteiger charge is -2.10. The second kappa shape index (κ2) is 6.84. The van der Waals surface area contributed by atoms with E-state index in [1.807, 2.05) is 6.07 Å². The average molecular weight is 385 g/mol. The third-order valence-corrected chi connectivity index (χ3v) is 6.09. The largest absolute Gasteiger partial charge is 0.497 e. The van der Waals surface area contributed by atoms with Crippen LogP contribution in [0.15, 0.2) is 71.9 Å². The maximum Gasteiger partial charge on any atom is 0.196 e. The molecule has 0 spiro atoms. The Bertz CT molecular complexity index is 1320. The van der Waals surface area contributed by atoms with Gasteiger partial charge in [-0.2, -0.15) is 0 Å². The van der Waals surface area contributed by atoms with Crippen molar-refractivity contribution in [1.29, 1.82) is 0 Å². The van der Waals surface area contributed by atoms with E-state index in [1.54, 1.807) is 18.9 Å². The summed E-state index contributed by atoms with van der Waals surface area (Å²) in [6, 6.07) is 23.2. The van der Waals surface area contributed by atoms with Crippen LogP contribution in [0.1, 0.15) is 11.1 Å². The molecule has 2 heterocycles. The van der Waals surface area contributed by atoms with Gasteiger partial charge in [0.1, 0.15) is 5.75 Å². The summed E-state index contributed by atoms with van der Waals surface area (Å²) in [6.45, 7) is 2.10. The lowest BCUT2D eigenvalue weighted by atomic mass is 10.1. The maximum absolute atomic E-state index is 5.44. The first-order chi connectivity index (χ1) is 13.7. The Morgan fingerprint density at radius 1 is 0.929 bits per heavy atom. The number of methoxy groups -OCH3 is 1. The number of fused-ring (bicyclic) bond motifs is 4. The summed E-state index contributed by atoms with van der Waals surface area (Å²) in [4.78, 5) is 0. The summed E-state index contributed by atoms with van der Waals surface area (Å²) in [5.41, 5.74) is 4.41. The van der Waals surface area contributed by atoms with Gasteiger partial charge >= 0.3 is 0 Å². The highest BCUT2D eigenvalue weighted by Crippen LogP contribution is 2.31. The molecule has 0 unspecified atom stereocenters. The van der Waals surface area contributed by atoms with Crippen LogP contribution in [0, 0.1) is 6.92 Å². The van der Waals surface area contributed by atoms with Crippen molar-refractivity contribution in [2.24, 2.45) is 0 Å². The van der Waals surface area contributed by atoms with Crippen LogP contribution in [0.25, 0.3) is 27.3 Å². The van der Waals surface area contributed by atoms with Gasteiger partial charge in [0.25, 0.3) is 0 Å². The van der Waals surface area contributed by atoms with Crippen molar-refractivity contribution in [2.75, 3.05) is 7.11 Å². The third-order valence-electron chi connectivity index (χ3n) is 5.11. The van der Waals surface area contributed by atoms with Crippen LogP contribution in [-0.4, -0.2) is 21.7 Å². The molecule has 4 nitrogen and oxygen atoms in total. The summed E-state index contributed by atoms with van der Waals surface area (Å²) in [6.07, 6.45) is 0. The van der Waals surface area contributed by atoms with E-state index < -0.39 is 0 Å². The molecule has 138 valence electrons. The minimum Gasteiger partial charge on any atom is -0.497 e. The SMILES string of the molecule is COc1ccc2c(C)cc3nnc(SCc4cccc5ccccc45)n3c2c1. The van der Waals surface area contributed by atoms with E-state index in [-0.39, 0.29) is 0 Å². The smallest absolute Gasteiger partial charge is 0.196 e. The van der Waals surface area contributed by atoms with Crippen LogP contribution < -0.4 is 4.74 Å². The van der Waals surface area contributed by atoms with Gasteiger partial charge in [-0.15, -0.1) is 10.2 Å². The second-order valence-electron chi connectivity index (χ2n) is 6.81. The Kier molecular flexibility index (Phi) is 4.17. The van der Waals surface area contributed by atoms with E-state index in [9.17, 15) is 0 Å². The molecule has 28 heavy (non-hydrogen) atoms. The minimum atomic E-state index is 0.832. The number of nitrogens with zero attached hydrogens (tertiary/aromatic N) is 3. The van der Waals surface area contributed by atoms with E-state index in [2.05, 4.69) is 82.2 Å². The van der Waals surface area contributed by atoms with Crippen molar-refractivity contribution < 1.29 is 4.74 Å². The molecular weight excluding hydrogens is 366 g/mol. The molecule has 0 bridgehead atoms. The van der Waals surface area contributed by atoms with Crippen molar-refractivity contribution in [3.8, 4) is 5.75 Å². The predicted octanol–water partition coefficient (Wildman–Crippen LogP) is 5.65. The quantitative estimate of drug-likeness (QED) is 0.375.